The lowest BCUT2D eigenvalue weighted by atomic mass is 9.80. The van der Waals surface area contributed by atoms with Crippen LogP contribution in [-0.4, -0.2) is 29.8 Å². The van der Waals surface area contributed by atoms with Gasteiger partial charge in [0.05, 0.1) is 18.6 Å². The van der Waals surface area contributed by atoms with Crippen molar-refractivity contribution in [1.82, 2.24) is 0 Å². The topological polar surface area (TPSA) is 18.5 Å². The maximum Gasteiger partial charge on any atom is 0.218 e. The summed E-state index contributed by atoms with van der Waals surface area (Å²) < 4.78 is 28.5. The summed E-state index contributed by atoms with van der Waals surface area (Å²) in [6.45, 7) is 9.79. The molecule has 0 radical (unpaired) electrons. The second-order valence-corrected chi connectivity index (χ2v) is 18.4. The van der Waals surface area contributed by atoms with Crippen LogP contribution in [-0.2, 0) is 14.3 Å². The minimum absolute atomic E-state index is 0.231. The van der Waals surface area contributed by atoms with Gasteiger partial charge in [-0.15, -0.1) is 0 Å². The molecule has 2 nitrogen and oxygen atoms in total. The SMILES string of the molecule is C[Si](C)(OCC1(CO[Si](C)(C)c2ccccc2)c2ccccc2-c2ccc(F)cc21)c1ccccc1. The molecule has 1 aliphatic rings. The van der Waals surface area contributed by atoms with E-state index in [1.807, 2.05) is 18.2 Å². The Kier molecular flexibility index (Phi) is 6.60. The summed E-state index contributed by atoms with van der Waals surface area (Å²) in [7, 11) is -4.45. The van der Waals surface area contributed by atoms with Gasteiger partial charge in [0.25, 0.3) is 0 Å². The van der Waals surface area contributed by atoms with E-state index in [1.165, 1.54) is 10.4 Å². The molecule has 0 amide bonds. The van der Waals surface area contributed by atoms with Crippen LogP contribution in [0.4, 0.5) is 4.39 Å². The Bertz CT molecular complexity index is 1300. The lowest BCUT2D eigenvalue weighted by Gasteiger charge is -2.38. The summed E-state index contributed by atoms with van der Waals surface area (Å²) in [6.07, 6.45) is 0. The standard InChI is InChI=1S/C31H33FO2Si2/c1-35(2,25-13-7-5-8-14-25)33-22-31(23-34-36(3,4)26-15-9-6-10-16-26)29-18-12-11-17-27(29)28-20-19-24(32)21-30(28)31/h5-21H,22-23H2,1-4H3. The molecule has 0 unspecified atom stereocenters. The van der Waals surface area contributed by atoms with Crippen LogP contribution in [0.25, 0.3) is 11.1 Å². The summed E-state index contributed by atoms with van der Waals surface area (Å²) in [6, 6.07) is 34.5. The number of benzene rings is 4. The quantitative estimate of drug-likeness (QED) is 0.256. The van der Waals surface area contributed by atoms with Crippen LogP contribution in [0.5, 0.6) is 0 Å². The molecule has 0 saturated carbocycles. The minimum Gasteiger partial charge on any atom is -0.412 e. The Labute approximate surface area is 216 Å². The monoisotopic (exact) mass is 512 g/mol. The van der Waals surface area contributed by atoms with E-state index in [0.29, 0.717) is 13.2 Å². The van der Waals surface area contributed by atoms with Crippen LogP contribution in [0.15, 0.2) is 103 Å². The van der Waals surface area contributed by atoms with E-state index in [-0.39, 0.29) is 5.82 Å². The van der Waals surface area contributed by atoms with Gasteiger partial charge in [0.2, 0.25) is 16.6 Å². The fourth-order valence-corrected chi connectivity index (χ4v) is 8.77. The van der Waals surface area contributed by atoms with E-state index in [9.17, 15) is 4.39 Å². The summed E-state index contributed by atoms with van der Waals surface area (Å²) in [4.78, 5) is 0. The molecule has 4 aromatic carbocycles. The highest BCUT2D eigenvalue weighted by molar-refractivity contribution is 6.84. The Morgan fingerprint density at radius 1 is 0.583 bits per heavy atom. The number of rotatable bonds is 8. The van der Waals surface area contributed by atoms with Gasteiger partial charge in [0.1, 0.15) is 5.82 Å². The summed E-state index contributed by atoms with van der Waals surface area (Å²) in [5.74, 6) is -0.231. The zero-order valence-electron chi connectivity index (χ0n) is 21.4. The van der Waals surface area contributed by atoms with Gasteiger partial charge in [0.15, 0.2) is 0 Å². The van der Waals surface area contributed by atoms with Crippen molar-refractivity contribution in [3.05, 3.63) is 120 Å². The molecule has 184 valence electrons. The molecular formula is C31H33FO2Si2. The number of halogens is 1. The molecule has 5 heteroatoms. The summed E-state index contributed by atoms with van der Waals surface area (Å²) in [5.41, 5.74) is 3.72. The fraction of sp³-hybridized carbons (Fsp3) is 0.226. The predicted octanol–water partition coefficient (Wildman–Crippen LogP) is 6.35. The highest BCUT2D eigenvalue weighted by atomic mass is 28.4. The van der Waals surface area contributed by atoms with E-state index in [4.69, 9.17) is 8.85 Å². The van der Waals surface area contributed by atoms with Gasteiger partial charge in [-0.3, -0.25) is 0 Å². The summed E-state index contributed by atoms with van der Waals surface area (Å²) >= 11 is 0. The zero-order chi connectivity index (χ0) is 25.4. The minimum atomic E-state index is -2.23. The number of hydrogen-bond acceptors (Lipinski definition) is 2. The van der Waals surface area contributed by atoms with E-state index in [2.05, 4.69) is 99.0 Å². The van der Waals surface area contributed by atoms with E-state index >= 15 is 0 Å². The normalized spacial score (nSPS) is 14.4. The molecule has 5 rings (SSSR count). The van der Waals surface area contributed by atoms with Gasteiger partial charge in [-0.1, -0.05) is 91.0 Å². The van der Waals surface area contributed by atoms with E-state index < -0.39 is 22.0 Å². The molecule has 0 heterocycles. The second-order valence-electron chi connectivity index (χ2n) is 10.6. The molecule has 0 aliphatic heterocycles. The smallest absolute Gasteiger partial charge is 0.218 e. The van der Waals surface area contributed by atoms with Crippen LogP contribution in [0.2, 0.25) is 26.2 Å². The molecule has 0 saturated heterocycles. The van der Waals surface area contributed by atoms with Gasteiger partial charge in [-0.05, 0) is 70.9 Å². The lowest BCUT2D eigenvalue weighted by molar-refractivity contribution is 0.167. The second kappa shape index (κ2) is 9.56. The number of fused-ring (bicyclic) bond motifs is 3. The maximum atomic E-state index is 14.7. The predicted molar refractivity (Wildman–Crippen MR) is 152 cm³/mol. The zero-order valence-corrected chi connectivity index (χ0v) is 23.4. The average molecular weight is 513 g/mol. The van der Waals surface area contributed by atoms with Crippen LogP contribution in [0, 0.1) is 5.82 Å². The molecule has 0 atom stereocenters. The van der Waals surface area contributed by atoms with Crippen molar-refractivity contribution < 1.29 is 13.2 Å². The van der Waals surface area contributed by atoms with Crippen LogP contribution in [0.1, 0.15) is 11.1 Å². The van der Waals surface area contributed by atoms with Crippen molar-refractivity contribution in [3.63, 3.8) is 0 Å². The van der Waals surface area contributed by atoms with Gasteiger partial charge in [-0.25, -0.2) is 4.39 Å². The molecule has 0 spiro atoms. The molecule has 1 aliphatic carbocycles. The fourth-order valence-electron chi connectivity index (χ4n) is 5.23. The maximum absolute atomic E-state index is 14.7. The van der Waals surface area contributed by atoms with Crippen LogP contribution in [0.3, 0.4) is 0 Å². The van der Waals surface area contributed by atoms with Crippen LogP contribution < -0.4 is 10.4 Å². The molecule has 0 fully saturated rings. The lowest BCUT2D eigenvalue weighted by Crippen LogP contribution is -2.52. The first kappa shape index (κ1) is 24.8. The Morgan fingerprint density at radius 2 is 1.06 bits per heavy atom. The third kappa shape index (κ3) is 4.52. The Hall–Kier alpha value is -2.84. The Balaban J connectivity index is 1.58. The van der Waals surface area contributed by atoms with E-state index in [1.54, 1.807) is 12.1 Å². The van der Waals surface area contributed by atoms with Crippen LogP contribution >= 0.6 is 0 Å². The van der Waals surface area contributed by atoms with Crippen molar-refractivity contribution >= 4 is 27.0 Å². The first-order chi connectivity index (χ1) is 17.2. The Morgan fingerprint density at radius 3 is 1.61 bits per heavy atom. The molecule has 0 aromatic heterocycles. The first-order valence-corrected chi connectivity index (χ1v) is 18.3. The number of hydrogen-bond donors (Lipinski definition) is 0. The molecule has 4 aromatic rings. The van der Waals surface area contributed by atoms with Gasteiger partial charge in [0, 0.05) is 0 Å². The van der Waals surface area contributed by atoms with Crippen molar-refractivity contribution in [2.75, 3.05) is 13.2 Å². The molecule has 36 heavy (non-hydrogen) atoms. The third-order valence-corrected chi connectivity index (χ3v) is 12.7. The van der Waals surface area contributed by atoms with Gasteiger partial charge < -0.3 is 8.85 Å². The van der Waals surface area contributed by atoms with Gasteiger partial charge in [-0.2, -0.15) is 0 Å². The molecule has 0 N–H and O–H groups in total. The first-order valence-electron chi connectivity index (χ1n) is 12.5. The molecule has 0 bridgehead atoms. The highest BCUT2D eigenvalue weighted by Crippen LogP contribution is 2.50. The van der Waals surface area contributed by atoms with Crippen molar-refractivity contribution in [3.8, 4) is 11.1 Å². The van der Waals surface area contributed by atoms with Crippen molar-refractivity contribution in [1.29, 1.82) is 0 Å². The molecular weight excluding hydrogens is 480 g/mol. The van der Waals surface area contributed by atoms with E-state index in [0.717, 1.165) is 22.3 Å². The highest BCUT2D eigenvalue weighted by Gasteiger charge is 2.46. The summed E-state index contributed by atoms with van der Waals surface area (Å²) in [5, 5.41) is 2.48. The third-order valence-electron chi connectivity index (χ3n) is 7.53. The largest absolute Gasteiger partial charge is 0.412 e. The van der Waals surface area contributed by atoms with Gasteiger partial charge >= 0.3 is 0 Å². The van der Waals surface area contributed by atoms with Crippen molar-refractivity contribution in [2.45, 2.75) is 31.6 Å². The van der Waals surface area contributed by atoms with Crippen molar-refractivity contribution in [2.24, 2.45) is 0 Å². The average Bonchev–Trinajstić information content (AvgIpc) is 3.17.